The van der Waals surface area contributed by atoms with E-state index in [0.717, 1.165) is 0 Å². The van der Waals surface area contributed by atoms with Crippen LogP contribution < -0.4 is 5.32 Å². The van der Waals surface area contributed by atoms with E-state index in [2.05, 4.69) is 10.1 Å². The van der Waals surface area contributed by atoms with Crippen LogP contribution in [0.25, 0.3) is 0 Å². The zero-order chi connectivity index (χ0) is 12.1. The highest BCUT2D eigenvalue weighted by molar-refractivity contribution is 5.76. The Balaban J connectivity index is 2.61. The van der Waals surface area contributed by atoms with E-state index in [1.54, 1.807) is 0 Å². The lowest BCUT2D eigenvalue weighted by Gasteiger charge is -2.31. The van der Waals surface area contributed by atoms with Crippen molar-refractivity contribution in [1.82, 2.24) is 5.32 Å². The van der Waals surface area contributed by atoms with Crippen LogP contribution in [0.5, 0.6) is 0 Å². The number of carbonyl (C=O) groups excluding carboxylic acids is 2. The van der Waals surface area contributed by atoms with Crippen LogP contribution >= 0.6 is 0 Å². The number of nitriles is 1. The maximum Gasteiger partial charge on any atom is 0.322 e. The molecule has 1 aliphatic heterocycles. The molecule has 0 spiro atoms. The average Bonchev–Trinajstić information content (AvgIpc) is 2.27. The summed E-state index contributed by atoms with van der Waals surface area (Å²) in [5, 5.41) is 11.7. The molecule has 88 valence electrons. The maximum absolute atomic E-state index is 11.3. The fourth-order valence-electron chi connectivity index (χ4n) is 1.69. The van der Waals surface area contributed by atoms with E-state index in [0.29, 0.717) is 12.8 Å². The monoisotopic (exact) mass is 226 g/mol. The predicted octanol–water partition coefficient (Wildman–Crippen LogP) is -0.265. The van der Waals surface area contributed by atoms with Crippen molar-refractivity contribution in [2.24, 2.45) is 0 Å². The number of hydrogen-bond acceptors (Lipinski definition) is 6. The summed E-state index contributed by atoms with van der Waals surface area (Å²) < 4.78 is 9.56. The quantitative estimate of drug-likeness (QED) is 0.652. The van der Waals surface area contributed by atoms with Gasteiger partial charge in [0.2, 0.25) is 0 Å². The third kappa shape index (κ3) is 2.94. The lowest BCUT2D eigenvalue weighted by molar-refractivity contribution is -0.150. The predicted molar refractivity (Wildman–Crippen MR) is 53.1 cm³/mol. The molecule has 0 bridgehead atoms. The van der Waals surface area contributed by atoms with Crippen molar-refractivity contribution in [2.75, 3.05) is 7.11 Å². The number of methoxy groups -OCH3 is 1. The minimum atomic E-state index is -0.665. The van der Waals surface area contributed by atoms with Crippen LogP contribution in [-0.2, 0) is 19.1 Å². The normalized spacial score (nSPS) is 28.9. The van der Waals surface area contributed by atoms with Gasteiger partial charge in [0.15, 0.2) is 0 Å². The second-order valence-corrected chi connectivity index (χ2v) is 3.57. The molecule has 0 aliphatic carbocycles. The Labute approximate surface area is 93.5 Å². The number of nitrogens with one attached hydrogen (secondary N) is 1. The lowest BCUT2D eigenvalue weighted by Crippen LogP contribution is -2.54. The second-order valence-electron chi connectivity index (χ2n) is 3.57. The molecule has 0 radical (unpaired) electrons. The average molecular weight is 226 g/mol. The smallest absolute Gasteiger partial charge is 0.322 e. The molecule has 0 saturated carbocycles. The van der Waals surface area contributed by atoms with Crippen molar-refractivity contribution in [3.05, 3.63) is 0 Å². The first-order valence-corrected chi connectivity index (χ1v) is 4.99. The number of esters is 2. The van der Waals surface area contributed by atoms with Gasteiger partial charge in [0.25, 0.3) is 0 Å². The summed E-state index contributed by atoms with van der Waals surface area (Å²) in [4.78, 5) is 22.0. The minimum absolute atomic E-state index is 0.401. The van der Waals surface area contributed by atoms with Crippen LogP contribution in [0.15, 0.2) is 0 Å². The molecule has 0 aromatic rings. The summed E-state index contributed by atoms with van der Waals surface area (Å²) in [6.45, 7) is 1.29. The zero-order valence-corrected chi connectivity index (χ0v) is 9.23. The first-order valence-electron chi connectivity index (χ1n) is 4.99. The van der Waals surface area contributed by atoms with Crippen molar-refractivity contribution in [1.29, 1.82) is 5.26 Å². The van der Waals surface area contributed by atoms with E-state index in [9.17, 15) is 9.59 Å². The molecule has 0 amide bonds. The van der Waals surface area contributed by atoms with Crippen molar-refractivity contribution in [3.63, 3.8) is 0 Å². The number of nitrogens with zero attached hydrogens (tertiary/aromatic N) is 1. The van der Waals surface area contributed by atoms with Gasteiger partial charge in [-0.1, -0.05) is 0 Å². The molecule has 16 heavy (non-hydrogen) atoms. The third-order valence-electron chi connectivity index (χ3n) is 2.43. The van der Waals surface area contributed by atoms with Crippen LogP contribution in [0.3, 0.4) is 0 Å². The molecule has 0 aromatic carbocycles. The van der Waals surface area contributed by atoms with Gasteiger partial charge in [-0.3, -0.25) is 14.9 Å². The lowest BCUT2D eigenvalue weighted by atomic mass is 9.96. The molecule has 1 heterocycles. The zero-order valence-electron chi connectivity index (χ0n) is 9.23. The molecule has 1 saturated heterocycles. The van der Waals surface area contributed by atoms with Gasteiger partial charge in [-0.15, -0.1) is 0 Å². The first kappa shape index (κ1) is 12.5. The Morgan fingerprint density at radius 2 is 2.12 bits per heavy atom. The fourth-order valence-corrected chi connectivity index (χ4v) is 1.69. The molecule has 6 heteroatoms. The topological polar surface area (TPSA) is 88.4 Å². The number of carbonyl (C=O) groups is 2. The summed E-state index contributed by atoms with van der Waals surface area (Å²) in [5.41, 5.74) is 0. The molecule has 1 fully saturated rings. The molecule has 0 unspecified atom stereocenters. The van der Waals surface area contributed by atoms with Gasteiger partial charge in [-0.25, -0.2) is 0 Å². The van der Waals surface area contributed by atoms with E-state index in [-0.39, 0.29) is 0 Å². The molecule has 6 nitrogen and oxygen atoms in total. The standard InChI is InChI=1S/C10H14N2O4/c1-6(13)16-9-4-3-7(10(14)15-2)12-8(9)5-11/h7-9,12H,3-4H2,1-2H3/t7-,8-,9+/m0/s1. The van der Waals surface area contributed by atoms with Gasteiger partial charge in [0.05, 0.1) is 13.2 Å². The van der Waals surface area contributed by atoms with Crippen molar-refractivity contribution < 1.29 is 19.1 Å². The van der Waals surface area contributed by atoms with Gasteiger partial charge in [-0.2, -0.15) is 5.26 Å². The first-order chi connectivity index (χ1) is 7.58. The SMILES string of the molecule is COC(=O)[C@@H]1CC[C@@H](OC(C)=O)[C@H](C#N)N1. The van der Waals surface area contributed by atoms with Crippen LogP contribution in [-0.4, -0.2) is 37.2 Å². The highest BCUT2D eigenvalue weighted by Gasteiger charge is 2.35. The highest BCUT2D eigenvalue weighted by Crippen LogP contribution is 2.17. The number of piperidine rings is 1. The summed E-state index contributed by atoms with van der Waals surface area (Å²) in [6.07, 6.45) is 0.469. The van der Waals surface area contributed by atoms with E-state index in [1.807, 2.05) is 6.07 Å². The Morgan fingerprint density at radius 3 is 2.62 bits per heavy atom. The van der Waals surface area contributed by atoms with Gasteiger partial charge in [-0.05, 0) is 12.8 Å². The fraction of sp³-hybridized carbons (Fsp3) is 0.700. The number of ether oxygens (including phenoxy) is 2. The van der Waals surface area contributed by atoms with Crippen molar-refractivity contribution in [2.45, 2.75) is 38.0 Å². The molecule has 0 aromatic heterocycles. The summed E-state index contributed by atoms with van der Waals surface area (Å²) in [5.74, 6) is -0.829. The van der Waals surface area contributed by atoms with Crippen LogP contribution in [0.1, 0.15) is 19.8 Å². The Hall–Kier alpha value is -1.61. The van der Waals surface area contributed by atoms with Gasteiger partial charge in [0.1, 0.15) is 18.2 Å². The Bertz CT molecular complexity index is 323. The second kappa shape index (κ2) is 5.47. The third-order valence-corrected chi connectivity index (χ3v) is 2.43. The molecule has 1 N–H and O–H groups in total. The molecule has 1 rings (SSSR count). The Kier molecular flexibility index (Phi) is 4.26. The van der Waals surface area contributed by atoms with Crippen LogP contribution in [0, 0.1) is 11.3 Å². The van der Waals surface area contributed by atoms with E-state index >= 15 is 0 Å². The Morgan fingerprint density at radius 1 is 1.44 bits per heavy atom. The van der Waals surface area contributed by atoms with Crippen LogP contribution in [0.2, 0.25) is 0 Å². The molecular weight excluding hydrogens is 212 g/mol. The highest BCUT2D eigenvalue weighted by atomic mass is 16.5. The molecule has 3 atom stereocenters. The van der Waals surface area contributed by atoms with Crippen molar-refractivity contribution >= 4 is 11.9 Å². The summed E-state index contributed by atoms with van der Waals surface area (Å²) in [7, 11) is 1.30. The van der Waals surface area contributed by atoms with Crippen molar-refractivity contribution in [3.8, 4) is 6.07 Å². The van der Waals surface area contributed by atoms with Crippen LogP contribution in [0.4, 0.5) is 0 Å². The molecular formula is C10H14N2O4. The summed E-state index contributed by atoms with van der Waals surface area (Å²) in [6, 6.07) is 0.808. The van der Waals surface area contributed by atoms with Gasteiger partial charge >= 0.3 is 11.9 Å². The van der Waals surface area contributed by atoms with E-state index < -0.39 is 30.1 Å². The largest absolute Gasteiger partial charge is 0.468 e. The van der Waals surface area contributed by atoms with Gasteiger partial charge in [0, 0.05) is 6.92 Å². The number of rotatable bonds is 2. The summed E-state index contributed by atoms with van der Waals surface area (Å²) >= 11 is 0. The van der Waals surface area contributed by atoms with E-state index in [1.165, 1.54) is 14.0 Å². The minimum Gasteiger partial charge on any atom is -0.468 e. The number of hydrogen-bond donors (Lipinski definition) is 1. The van der Waals surface area contributed by atoms with E-state index in [4.69, 9.17) is 10.00 Å². The maximum atomic E-state index is 11.3. The molecule has 1 aliphatic rings. The van der Waals surface area contributed by atoms with Gasteiger partial charge < -0.3 is 9.47 Å².